The number of nitrogens with two attached hydrogens (primary N) is 1. The lowest BCUT2D eigenvalue weighted by Crippen LogP contribution is -2.60. The van der Waals surface area contributed by atoms with E-state index in [1.165, 1.54) is 6.92 Å². The van der Waals surface area contributed by atoms with Gasteiger partial charge in [-0.25, -0.2) is 0 Å². The second kappa shape index (κ2) is 7.65. The number of rotatable bonds is 7. The molecule has 0 bridgehead atoms. The zero-order chi connectivity index (χ0) is 14.3. The minimum atomic E-state index is -0.721. The van der Waals surface area contributed by atoms with E-state index < -0.39 is 23.9 Å². The zero-order valence-corrected chi connectivity index (χ0v) is 11.2. The van der Waals surface area contributed by atoms with E-state index in [1.54, 1.807) is 0 Å². The predicted molar refractivity (Wildman–Crippen MR) is 65.9 cm³/mol. The summed E-state index contributed by atoms with van der Waals surface area (Å²) in [6.07, 6.45) is 0.716. The van der Waals surface area contributed by atoms with Crippen LogP contribution in [-0.4, -0.2) is 36.3 Å². The van der Waals surface area contributed by atoms with Gasteiger partial charge < -0.3 is 22.1 Å². The number of carbonyl (C=O) groups is 3. The summed E-state index contributed by atoms with van der Waals surface area (Å²) in [6, 6.07) is -1.44. The number of primary amides is 1. The van der Waals surface area contributed by atoms with Gasteiger partial charge in [0, 0.05) is 0 Å². The Labute approximate surface area is 107 Å². The number of quaternary nitrogens is 1. The molecule has 0 aromatic carbocycles. The molecule has 0 radical (unpaired) electrons. The summed E-state index contributed by atoms with van der Waals surface area (Å²) >= 11 is 0. The molecule has 0 saturated heterocycles. The molecular formula is C11H23N4O3+. The highest BCUT2D eigenvalue weighted by molar-refractivity contribution is 5.91. The summed E-state index contributed by atoms with van der Waals surface area (Å²) < 4.78 is 0. The van der Waals surface area contributed by atoms with Gasteiger partial charge in [-0.3, -0.25) is 14.4 Å². The van der Waals surface area contributed by atoms with Gasteiger partial charge in [0.25, 0.3) is 5.91 Å². The third-order valence-electron chi connectivity index (χ3n) is 2.82. The molecule has 3 atom stereocenters. The predicted octanol–water partition coefficient (Wildman–Crippen LogP) is -2.25. The van der Waals surface area contributed by atoms with E-state index >= 15 is 0 Å². The SMILES string of the molecule is CC[C@@H](C)[C@H](NC(=O)[C@@H](C)NC(=O)C[NH3+])C(N)=O. The highest BCUT2D eigenvalue weighted by atomic mass is 16.2. The molecule has 0 unspecified atom stereocenters. The Hall–Kier alpha value is -1.63. The monoisotopic (exact) mass is 259 g/mol. The molecule has 104 valence electrons. The van der Waals surface area contributed by atoms with Crippen molar-refractivity contribution in [2.45, 2.75) is 39.3 Å². The molecule has 0 aliphatic heterocycles. The van der Waals surface area contributed by atoms with Crippen molar-refractivity contribution in [3.8, 4) is 0 Å². The van der Waals surface area contributed by atoms with Gasteiger partial charge in [-0.2, -0.15) is 0 Å². The van der Waals surface area contributed by atoms with Crippen LogP contribution in [-0.2, 0) is 14.4 Å². The lowest BCUT2D eigenvalue weighted by Gasteiger charge is -2.23. The van der Waals surface area contributed by atoms with Crippen LogP contribution in [0.15, 0.2) is 0 Å². The van der Waals surface area contributed by atoms with Crippen LogP contribution in [0.1, 0.15) is 27.2 Å². The highest BCUT2D eigenvalue weighted by Crippen LogP contribution is 2.07. The Bertz CT molecular complexity index is 319. The van der Waals surface area contributed by atoms with Crippen molar-refractivity contribution in [1.29, 1.82) is 0 Å². The van der Waals surface area contributed by atoms with Crippen LogP contribution < -0.4 is 22.1 Å². The molecule has 7 heteroatoms. The van der Waals surface area contributed by atoms with Gasteiger partial charge in [-0.1, -0.05) is 20.3 Å². The smallest absolute Gasteiger partial charge is 0.275 e. The Morgan fingerprint density at radius 3 is 2.17 bits per heavy atom. The summed E-state index contributed by atoms with van der Waals surface area (Å²) in [4.78, 5) is 34.1. The topological polar surface area (TPSA) is 129 Å². The summed E-state index contributed by atoms with van der Waals surface area (Å²) in [6.45, 7) is 5.33. The number of nitrogens with one attached hydrogen (secondary N) is 2. The fourth-order valence-corrected chi connectivity index (χ4v) is 1.39. The first-order chi connectivity index (χ1) is 8.33. The van der Waals surface area contributed by atoms with Crippen molar-refractivity contribution >= 4 is 17.7 Å². The van der Waals surface area contributed by atoms with E-state index in [0.29, 0.717) is 6.42 Å². The van der Waals surface area contributed by atoms with Crippen molar-refractivity contribution in [3.05, 3.63) is 0 Å². The Morgan fingerprint density at radius 1 is 1.22 bits per heavy atom. The van der Waals surface area contributed by atoms with Crippen molar-refractivity contribution in [1.82, 2.24) is 10.6 Å². The molecule has 0 aliphatic carbocycles. The second-order valence-electron chi connectivity index (χ2n) is 4.31. The van der Waals surface area contributed by atoms with E-state index in [1.807, 2.05) is 13.8 Å². The van der Waals surface area contributed by atoms with Gasteiger partial charge >= 0.3 is 0 Å². The third kappa shape index (κ3) is 5.13. The maximum Gasteiger partial charge on any atom is 0.275 e. The lowest BCUT2D eigenvalue weighted by atomic mass is 9.98. The van der Waals surface area contributed by atoms with Gasteiger partial charge in [-0.15, -0.1) is 0 Å². The number of amides is 3. The number of hydrogen-bond acceptors (Lipinski definition) is 3. The standard InChI is InChI=1S/C11H22N4O3/c1-4-6(2)9(10(13)17)15-11(18)7(3)14-8(16)5-12/h6-7,9H,4-5,12H2,1-3H3,(H2,13,17)(H,14,16)(H,15,18)/p+1/t6-,7-,9+/m1/s1. The molecule has 0 rings (SSSR count). The summed E-state index contributed by atoms with van der Waals surface area (Å²) in [7, 11) is 0. The van der Waals surface area contributed by atoms with Crippen molar-refractivity contribution in [2.24, 2.45) is 11.7 Å². The van der Waals surface area contributed by atoms with E-state index in [2.05, 4.69) is 16.4 Å². The first-order valence-corrected chi connectivity index (χ1v) is 6.01. The van der Waals surface area contributed by atoms with Crippen molar-refractivity contribution in [3.63, 3.8) is 0 Å². The fraction of sp³-hybridized carbons (Fsp3) is 0.727. The highest BCUT2D eigenvalue weighted by Gasteiger charge is 2.26. The van der Waals surface area contributed by atoms with Gasteiger partial charge in [0.05, 0.1) is 0 Å². The maximum absolute atomic E-state index is 11.8. The van der Waals surface area contributed by atoms with Crippen LogP contribution in [0.3, 0.4) is 0 Å². The van der Waals surface area contributed by atoms with Crippen LogP contribution in [0.4, 0.5) is 0 Å². The molecule has 0 heterocycles. The molecule has 18 heavy (non-hydrogen) atoms. The molecular weight excluding hydrogens is 236 g/mol. The normalized spacial score (nSPS) is 15.3. The van der Waals surface area contributed by atoms with Crippen LogP contribution in [0.2, 0.25) is 0 Å². The molecule has 0 saturated carbocycles. The van der Waals surface area contributed by atoms with Gasteiger partial charge in [0.15, 0.2) is 6.54 Å². The van der Waals surface area contributed by atoms with Crippen LogP contribution in [0.5, 0.6) is 0 Å². The van der Waals surface area contributed by atoms with Gasteiger partial charge in [0.2, 0.25) is 11.8 Å². The maximum atomic E-state index is 11.8. The van der Waals surface area contributed by atoms with Gasteiger partial charge in [-0.05, 0) is 12.8 Å². The Balaban J connectivity index is 4.50. The number of carbonyl (C=O) groups excluding carboxylic acids is 3. The van der Waals surface area contributed by atoms with Crippen molar-refractivity contribution in [2.75, 3.05) is 6.54 Å². The minimum Gasteiger partial charge on any atom is -0.368 e. The third-order valence-corrected chi connectivity index (χ3v) is 2.82. The van der Waals surface area contributed by atoms with Crippen molar-refractivity contribution < 1.29 is 20.1 Å². The quantitative estimate of drug-likeness (QED) is 0.412. The zero-order valence-electron chi connectivity index (χ0n) is 11.2. The summed E-state index contributed by atoms with van der Waals surface area (Å²) in [5.41, 5.74) is 8.65. The molecule has 0 fully saturated rings. The molecule has 0 aromatic heterocycles. The largest absolute Gasteiger partial charge is 0.368 e. The minimum absolute atomic E-state index is 0.0535. The molecule has 0 aliphatic rings. The van der Waals surface area contributed by atoms with E-state index in [-0.39, 0.29) is 18.4 Å². The summed E-state index contributed by atoms with van der Waals surface area (Å²) in [5.74, 6) is -1.38. The molecule has 7 nitrogen and oxygen atoms in total. The Kier molecular flexibility index (Phi) is 6.96. The average Bonchev–Trinajstić information content (AvgIpc) is 2.33. The molecule has 0 aromatic rings. The van der Waals surface area contributed by atoms with E-state index in [9.17, 15) is 14.4 Å². The van der Waals surface area contributed by atoms with Gasteiger partial charge in [0.1, 0.15) is 12.1 Å². The van der Waals surface area contributed by atoms with Crippen LogP contribution in [0.25, 0.3) is 0 Å². The average molecular weight is 259 g/mol. The molecule has 3 amide bonds. The summed E-state index contributed by atoms with van der Waals surface area (Å²) in [5, 5.41) is 5.01. The lowest BCUT2D eigenvalue weighted by molar-refractivity contribution is -0.355. The van der Waals surface area contributed by atoms with Crippen LogP contribution >= 0.6 is 0 Å². The Morgan fingerprint density at radius 2 is 1.78 bits per heavy atom. The number of hydrogen-bond donors (Lipinski definition) is 4. The van der Waals surface area contributed by atoms with E-state index in [4.69, 9.17) is 5.73 Å². The first-order valence-electron chi connectivity index (χ1n) is 6.01. The second-order valence-corrected chi connectivity index (χ2v) is 4.31. The van der Waals surface area contributed by atoms with Crippen LogP contribution in [0, 0.1) is 5.92 Å². The molecule has 0 spiro atoms. The fourth-order valence-electron chi connectivity index (χ4n) is 1.39. The van der Waals surface area contributed by atoms with E-state index in [0.717, 1.165) is 0 Å². The first kappa shape index (κ1) is 16.4. The molecule has 7 N–H and O–H groups in total.